The van der Waals surface area contributed by atoms with Crippen LogP contribution in [-0.2, 0) is 4.79 Å². The Kier molecular flexibility index (Phi) is 5.49. The van der Waals surface area contributed by atoms with Gasteiger partial charge in [-0.3, -0.25) is 4.79 Å². The summed E-state index contributed by atoms with van der Waals surface area (Å²) in [5.41, 5.74) is 13.7. The molecule has 1 rings (SSSR count). The van der Waals surface area contributed by atoms with Crippen LogP contribution in [0.25, 0.3) is 0 Å². The van der Waals surface area contributed by atoms with Crippen molar-refractivity contribution in [3.63, 3.8) is 0 Å². The molecule has 0 aromatic carbocycles. The Morgan fingerprint density at radius 2 is 2.21 bits per heavy atom. The van der Waals surface area contributed by atoms with Crippen molar-refractivity contribution in [2.24, 2.45) is 11.5 Å². The number of nitrogens with one attached hydrogen (secondary N) is 1. The molecule has 0 unspecified atom stereocenters. The zero-order chi connectivity index (χ0) is 14.3. The van der Waals surface area contributed by atoms with Gasteiger partial charge in [0, 0.05) is 11.4 Å². The lowest BCUT2D eigenvalue weighted by molar-refractivity contribution is -0.116. The first-order valence-electron chi connectivity index (χ1n) is 6.08. The molecule has 100 valence electrons. The molecular formula is C15H19N3O. The van der Waals surface area contributed by atoms with E-state index < -0.39 is 0 Å². The Balaban J connectivity index is 2.89. The molecule has 0 saturated heterocycles. The van der Waals surface area contributed by atoms with Gasteiger partial charge in [0.1, 0.15) is 0 Å². The number of carbonyl (C=O) groups excluding carboxylic acids is 1. The number of amides is 1. The van der Waals surface area contributed by atoms with Crippen molar-refractivity contribution in [3.8, 4) is 11.8 Å². The van der Waals surface area contributed by atoms with Crippen LogP contribution in [-0.4, -0.2) is 5.91 Å². The van der Waals surface area contributed by atoms with Gasteiger partial charge in [-0.05, 0) is 44.9 Å². The van der Waals surface area contributed by atoms with Gasteiger partial charge in [-0.15, -0.1) is 5.92 Å². The standard InChI is InChI=1S/C15H19N3O/c1-3-6-12(10-9-11(2)16)15(19)18-14-8-5-4-7-13(14)17/h5,8-10H,4,7,16-17H2,1-2H3,(H,18,19)/b11-9+,12-10+. The number of carbonyl (C=O) groups is 1. The summed E-state index contributed by atoms with van der Waals surface area (Å²) >= 11 is 0. The van der Waals surface area contributed by atoms with E-state index in [4.69, 9.17) is 11.5 Å². The Morgan fingerprint density at radius 3 is 2.79 bits per heavy atom. The summed E-state index contributed by atoms with van der Waals surface area (Å²) in [6.45, 7) is 3.42. The first-order valence-corrected chi connectivity index (χ1v) is 6.08. The summed E-state index contributed by atoms with van der Waals surface area (Å²) in [4.78, 5) is 12.1. The maximum Gasteiger partial charge on any atom is 0.264 e. The summed E-state index contributed by atoms with van der Waals surface area (Å²) in [7, 11) is 0. The Hall–Kier alpha value is -2.41. The van der Waals surface area contributed by atoms with Crippen LogP contribution in [0.5, 0.6) is 0 Å². The molecule has 1 aliphatic carbocycles. The van der Waals surface area contributed by atoms with Crippen LogP contribution in [0.4, 0.5) is 0 Å². The van der Waals surface area contributed by atoms with Crippen LogP contribution in [0.15, 0.2) is 47.0 Å². The van der Waals surface area contributed by atoms with Gasteiger partial charge >= 0.3 is 0 Å². The lowest BCUT2D eigenvalue weighted by Crippen LogP contribution is -2.26. The van der Waals surface area contributed by atoms with Crippen molar-refractivity contribution in [1.82, 2.24) is 5.32 Å². The van der Waals surface area contributed by atoms with E-state index in [1.54, 1.807) is 26.0 Å². The van der Waals surface area contributed by atoms with Gasteiger partial charge in [-0.1, -0.05) is 12.0 Å². The number of hydrogen-bond acceptors (Lipinski definition) is 3. The van der Waals surface area contributed by atoms with E-state index in [9.17, 15) is 4.79 Å². The molecule has 0 bridgehead atoms. The second-order valence-electron chi connectivity index (χ2n) is 4.20. The van der Waals surface area contributed by atoms with E-state index >= 15 is 0 Å². The first kappa shape index (κ1) is 14.7. The highest BCUT2D eigenvalue weighted by Gasteiger charge is 2.11. The van der Waals surface area contributed by atoms with Crippen LogP contribution in [0.3, 0.4) is 0 Å². The monoisotopic (exact) mass is 257 g/mol. The van der Waals surface area contributed by atoms with Gasteiger partial charge in [-0.2, -0.15) is 0 Å². The van der Waals surface area contributed by atoms with Crippen molar-refractivity contribution in [3.05, 3.63) is 47.0 Å². The minimum Gasteiger partial charge on any atom is -0.402 e. The number of nitrogens with two attached hydrogens (primary N) is 2. The molecule has 0 aliphatic heterocycles. The van der Waals surface area contributed by atoms with E-state index in [-0.39, 0.29) is 5.91 Å². The minimum atomic E-state index is -0.281. The third-order valence-electron chi connectivity index (χ3n) is 2.48. The zero-order valence-corrected chi connectivity index (χ0v) is 11.3. The van der Waals surface area contributed by atoms with Gasteiger partial charge < -0.3 is 16.8 Å². The average molecular weight is 257 g/mol. The predicted molar refractivity (Wildman–Crippen MR) is 77.2 cm³/mol. The summed E-state index contributed by atoms with van der Waals surface area (Å²) in [5.74, 6) is 5.18. The highest BCUT2D eigenvalue weighted by molar-refractivity contribution is 5.99. The van der Waals surface area contributed by atoms with E-state index in [2.05, 4.69) is 17.2 Å². The largest absolute Gasteiger partial charge is 0.402 e. The minimum absolute atomic E-state index is 0.281. The SMILES string of the molecule is CC#C/C(=C\C=C(/C)N)C(=O)NC1=C(N)CCC=C1. The fourth-order valence-electron chi connectivity index (χ4n) is 1.52. The fraction of sp³-hybridized carbons (Fsp3) is 0.267. The summed E-state index contributed by atoms with van der Waals surface area (Å²) in [6.07, 6.45) is 8.70. The third kappa shape index (κ3) is 4.76. The second kappa shape index (κ2) is 7.12. The van der Waals surface area contributed by atoms with Crippen molar-refractivity contribution < 1.29 is 4.79 Å². The van der Waals surface area contributed by atoms with Crippen molar-refractivity contribution in [2.45, 2.75) is 26.7 Å². The number of hydrogen-bond donors (Lipinski definition) is 3. The van der Waals surface area contributed by atoms with Crippen LogP contribution in [0, 0.1) is 11.8 Å². The van der Waals surface area contributed by atoms with E-state index in [0.717, 1.165) is 12.8 Å². The molecule has 4 nitrogen and oxygen atoms in total. The van der Waals surface area contributed by atoms with Gasteiger partial charge in [0.05, 0.1) is 11.3 Å². The highest BCUT2D eigenvalue weighted by atomic mass is 16.1. The van der Waals surface area contributed by atoms with Crippen molar-refractivity contribution in [2.75, 3.05) is 0 Å². The molecule has 0 spiro atoms. The maximum absolute atomic E-state index is 12.1. The van der Waals surface area contributed by atoms with Crippen LogP contribution >= 0.6 is 0 Å². The molecule has 0 aromatic rings. The van der Waals surface area contributed by atoms with Gasteiger partial charge in [0.2, 0.25) is 0 Å². The smallest absolute Gasteiger partial charge is 0.264 e. The van der Waals surface area contributed by atoms with E-state index in [1.165, 1.54) is 0 Å². The van der Waals surface area contributed by atoms with Crippen molar-refractivity contribution in [1.29, 1.82) is 0 Å². The van der Waals surface area contributed by atoms with Gasteiger partial charge in [0.25, 0.3) is 5.91 Å². The fourth-order valence-corrected chi connectivity index (χ4v) is 1.52. The maximum atomic E-state index is 12.1. The topological polar surface area (TPSA) is 81.1 Å². The molecule has 19 heavy (non-hydrogen) atoms. The molecule has 0 radical (unpaired) electrons. The second-order valence-corrected chi connectivity index (χ2v) is 4.20. The Labute approximate surface area is 113 Å². The molecule has 0 fully saturated rings. The van der Waals surface area contributed by atoms with Crippen LogP contribution in [0.2, 0.25) is 0 Å². The van der Waals surface area contributed by atoms with Gasteiger partial charge in [0.15, 0.2) is 0 Å². The molecule has 0 saturated carbocycles. The van der Waals surface area contributed by atoms with Crippen LogP contribution in [0.1, 0.15) is 26.7 Å². The van der Waals surface area contributed by atoms with E-state index in [1.807, 2.05) is 12.2 Å². The lowest BCUT2D eigenvalue weighted by atomic mass is 10.1. The quantitative estimate of drug-likeness (QED) is 0.406. The first-order chi connectivity index (χ1) is 9.04. The Bertz CT molecular complexity index is 535. The van der Waals surface area contributed by atoms with E-state index in [0.29, 0.717) is 22.7 Å². The molecule has 5 N–H and O–H groups in total. The Morgan fingerprint density at radius 1 is 1.47 bits per heavy atom. The zero-order valence-electron chi connectivity index (χ0n) is 11.3. The van der Waals surface area contributed by atoms with Crippen LogP contribution < -0.4 is 16.8 Å². The predicted octanol–water partition coefficient (Wildman–Crippen LogP) is 1.44. The van der Waals surface area contributed by atoms with Gasteiger partial charge in [-0.25, -0.2) is 0 Å². The average Bonchev–Trinajstić information content (AvgIpc) is 2.37. The molecule has 0 aromatic heterocycles. The normalized spacial score (nSPS) is 15.9. The summed E-state index contributed by atoms with van der Waals surface area (Å²) in [6, 6.07) is 0. The van der Waals surface area contributed by atoms with Crippen molar-refractivity contribution >= 4 is 5.91 Å². The molecule has 1 aliphatic rings. The molecular weight excluding hydrogens is 238 g/mol. The molecule has 4 heteroatoms. The third-order valence-corrected chi connectivity index (χ3v) is 2.48. The molecule has 0 atom stereocenters. The number of rotatable bonds is 3. The highest BCUT2D eigenvalue weighted by Crippen LogP contribution is 2.12. The molecule has 0 heterocycles. The number of allylic oxidation sites excluding steroid dienone is 6. The lowest BCUT2D eigenvalue weighted by Gasteiger charge is -2.13. The molecule has 1 amide bonds. The summed E-state index contributed by atoms with van der Waals surface area (Å²) < 4.78 is 0. The summed E-state index contributed by atoms with van der Waals surface area (Å²) in [5, 5.41) is 2.77.